The molecule has 1 aliphatic rings. The van der Waals surface area contributed by atoms with E-state index in [9.17, 15) is 0 Å². The van der Waals surface area contributed by atoms with Crippen LogP contribution in [0.1, 0.15) is 29.0 Å². The third kappa shape index (κ3) is 3.28. The van der Waals surface area contributed by atoms with Gasteiger partial charge in [-0.1, -0.05) is 0 Å². The Morgan fingerprint density at radius 2 is 1.75 bits per heavy atom. The molecule has 3 rings (SSSR count). The maximum Gasteiger partial charge on any atom is 0.0631 e. The number of hydrogen-bond acceptors (Lipinski definition) is 3. The minimum atomic E-state index is 1.02. The maximum atomic E-state index is 4.54. The monoisotopic (exact) mass is 284 g/mol. The number of aryl methyl sites for hydroxylation is 1. The second-order valence-corrected chi connectivity index (χ2v) is 6.59. The van der Waals surface area contributed by atoms with E-state index in [0.29, 0.717) is 0 Å². The lowest BCUT2D eigenvalue weighted by Gasteiger charge is -2.28. The quantitative estimate of drug-likeness (QED) is 0.739. The van der Waals surface area contributed by atoms with Crippen LogP contribution in [-0.2, 0) is 0 Å². The van der Waals surface area contributed by atoms with Gasteiger partial charge in [-0.25, -0.2) is 0 Å². The fraction of sp³-hybridized carbons (Fsp3) is 0.353. The molecule has 1 aromatic heterocycles. The van der Waals surface area contributed by atoms with E-state index < -0.39 is 0 Å². The molecule has 0 bridgehead atoms. The lowest BCUT2D eigenvalue weighted by Crippen LogP contribution is -2.29. The normalized spacial score (nSPS) is 15.9. The molecule has 0 unspecified atom stereocenters. The zero-order valence-corrected chi connectivity index (χ0v) is 12.7. The fourth-order valence-electron chi connectivity index (χ4n) is 2.56. The first kappa shape index (κ1) is 13.4. The highest BCUT2D eigenvalue weighted by Gasteiger charge is 2.10. The van der Waals surface area contributed by atoms with Crippen molar-refractivity contribution in [3.63, 3.8) is 0 Å². The molecule has 0 saturated carbocycles. The minimum Gasteiger partial charge on any atom is -0.372 e. The van der Waals surface area contributed by atoms with Gasteiger partial charge in [0, 0.05) is 34.7 Å². The molecule has 1 fully saturated rings. The van der Waals surface area contributed by atoms with Crippen molar-refractivity contribution in [2.45, 2.75) is 26.2 Å². The van der Waals surface area contributed by atoms with Gasteiger partial charge in [-0.2, -0.15) is 0 Å². The Bertz CT molecular complexity index is 577. The summed E-state index contributed by atoms with van der Waals surface area (Å²) in [5.74, 6) is 0. The van der Waals surface area contributed by atoms with Crippen molar-refractivity contribution in [1.82, 2.24) is 0 Å². The number of rotatable bonds is 3. The zero-order chi connectivity index (χ0) is 13.8. The molecule has 3 heteroatoms. The molecule has 1 aliphatic heterocycles. The number of piperidine rings is 1. The smallest absolute Gasteiger partial charge is 0.0631 e. The molecule has 1 aromatic carbocycles. The summed E-state index contributed by atoms with van der Waals surface area (Å²) in [4.78, 5) is 9.55. The molecular formula is C17H20N2S. The average molecular weight is 284 g/mol. The van der Waals surface area contributed by atoms with Crippen LogP contribution >= 0.6 is 11.3 Å². The summed E-state index contributed by atoms with van der Waals surface area (Å²) in [6.07, 6.45) is 5.96. The van der Waals surface area contributed by atoms with Crippen LogP contribution in [0.3, 0.4) is 0 Å². The van der Waals surface area contributed by atoms with Crippen LogP contribution in [0.25, 0.3) is 0 Å². The number of hydrogen-bond donors (Lipinski definition) is 0. The van der Waals surface area contributed by atoms with Gasteiger partial charge in [-0.05, 0) is 62.6 Å². The summed E-state index contributed by atoms with van der Waals surface area (Å²) in [6, 6.07) is 12.9. The van der Waals surface area contributed by atoms with E-state index in [1.807, 2.05) is 6.21 Å². The molecular weight excluding hydrogens is 264 g/mol. The Morgan fingerprint density at radius 1 is 1.00 bits per heavy atom. The highest BCUT2D eigenvalue weighted by atomic mass is 32.1. The van der Waals surface area contributed by atoms with Crippen LogP contribution in [0.15, 0.2) is 41.4 Å². The van der Waals surface area contributed by atoms with Gasteiger partial charge >= 0.3 is 0 Å². The third-order valence-electron chi connectivity index (χ3n) is 3.67. The van der Waals surface area contributed by atoms with Crippen LogP contribution in [0.5, 0.6) is 0 Å². The second-order valence-electron chi connectivity index (χ2n) is 5.27. The molecule has 104 valence electrons. The summed E-state index contributed by atoms with van der Waals surface area (Å²) in [7, 11) is 0. The van der Waals surface area contributed by atoms with Crippen molar-refractivity contribution < 1.29 is 0 Å². The van der Waals surface area contributed by atoms with Gasteiger partial charge in [0.25, 0.3) is 0 Å². The Labute approximate surface area is 124 Å². The van der Waals surface area contributed by atoms with Crippen LogP contribution in [0, 0.1) is 6.92 Å². The maximum absolute atomic E-state index is 4.54. The summed E-state index contributed by atoms with van der Waals surface area (Å²) >= 11 is 1.78. The van der Waals surface area contributed by atoms with Gasteiger partial charge in [0.15, 0.2) is 0 Å². The van der Waals surface area contributed by atoms with Crippen molar-refractivity contribution in [3.05, 3.63) is 46.2 Å². The summed E-state index contributed by atoms with van der Waals surface area (Å²) in [5.41, 5.74) is 2.35. The highest BCUT2D eigenvalue weighted by Crippen LogP contribution is 2.23. The summed E-state index contributed by atoms with van der Waals surface area (Å²) in [6.45, 7) is 4.50. The van der Waals surface area contributed by atoms with Crippen LogP contribution in [0.2, 0.25) is 0 Å². The fourth-order valence-corrected chi connectivity index (χ4v) is 3.31. The first-order chi connectivity index (χ1) is 9.81. The van der Waals surface area contributed by atoms with Gasteiger partial charge in [0.05, 0.1) is 5.69 Å². The largest absolute Gasteiger partial charge is 0.372 e. The third-order valence-corrected chi connectivity index (χ3v) is 4.61. The predicted molar refractivity (Wildman–Crippen MR) is 88.8 cm³/mol. The predicted octanol–water partition coefficient (Wildman–Crippen LogP) is 4.80. The van der Waals surface area contributed by atoms with Crippen LogP contribution in [0.4, 0.5) is 11.4 Å². The Kier molecular flexibility index (Phi) is 4.16. The Balaban J connectivity index is 1.68. The van der Waals surface area contributed by atoms with Crippen LogP contribution < -0.4 is 4.90 Å². The molecule has 2 nitrogen and oxygen atoms in total. The van der Waals surface area contributed by atoms with Gasteiger partial charge in [0.2, 0.25) is 0 Å². The van der Waals surface area contributed by atoms with Crippen molar-refractivity contribution in [1.29, 1.82) is 0 Å². The van der Waals surface area contributed by atoms with E-state index in [1.54, 1.807) is 11.3 Å². The molecule has 0 radical (unpaired) electrons. The molecule has 0 amide bonds. The average Bonchev–Trinajstić information content (AvgIpc) is 2.92. The standard InChI is InChI=1S/C17H20N2S/c1-14-5-10-17(20-14)13-18-15-6-8-16(9-7-15)19-11-3-2-4-12-19/h5-10,13H,2-4,11-12H2,1H3. The SMILES string of the molecule is Cc1ccc(C=Nc2ccc(N3CCCCC3)cc2)s1. The molecule has 2 heterocycles. The number of benzene rings is 1. The lowest BCUT2D eigenvalue weighted by molar-refractivity contribution is 0.578. The zero-order valence-electron chi connectivity index (χ0n) is 11.9. The van der Waals surface area contributed by atoms with E-state index in [2.05, 4.69) is 53.2 Å². The van der Waals surface area contributed by atoms with Crippen molar-refractivity contribution in [2.24, 2.45) is 4.99 Å². The number of aliphatic imine (C=N–C) groups is 1. The Hall–Kier alpha value is -1.61. The molecule has 0 N–H and O–H groups in total. The van der Waals surface area contributed by atoms with Gasteiger partial charge in [-0.3, -0.25) is 4.99 Å². The second kappa shape index (κ2) is 6.23. The summed E-state index contributed by atoms with van der Waals surface area (Å²) < 4.78 is 0. The molecule has 0 atom stereocenters. The van der Waals surface area contributed by atoms with Gasteiger partial charge < -0.3 is 4.90 Å². The molecule has 2 aromatic rings. The molecule has 0 spiro atoms. The number of thiophene rings is 1. The number of anilines is 1. The Morgan fingerprint density at radius 3 is 2.40 bits per heavy atom. The van der Waals surface area contributed by atoms with Gasteiger partial charge in [0.1, 0.15) is 0 Å². The van der Waals surface area contributed by atoms with E-state index in [1.165, 1.54) is 47.8 Å². The molecule has 1 saturated heterocycles. The minimum absolute atomic E-state index is 1.02. The molecule has 20 heavy (non-hydrogen) atoms. The van der Waals surface area contributed by atoms with E-state index in [-0.39, 0.29) is 0 Å². The number of nitrogens with zero attached hydrogens (tertiary/aromatic N) is 2. The topological polar surface area (TPSA) is 15.6 Å². The van der Waals surface area contributed by atoms with Crippen molar-refractivity contribution in [2.75, 3.05) is 18.0 Å². The van der Waals surface area contributed by atoms with E-state index in [0.717, 1.165) is 5.69 Å². The lowest BCUT2D eigenvalue weighted by atomic mass is 10.1. The van der Waals surface area contributed by atoms with Gasteiger partial charge in [-0.15, -0.1) is 11.3 Å². The summed E-state index contributed by atoms with van der Waals surface area (Å²) in [5, 5.41) is 0. The van der Waals surface area contributed by atoms with E-state index >= 15 is 0 Å². The van der Waals surface area contributed by atoms with Crippen molar-refractivity contribution in [3.8, 4) is 0 Å². The first-order valence-electron chi connectivity index (χ1n) is 7.27. The molecule has 0 aliphatic carbocycles. The van der Waals surface area contributed by atoms with Crippen molar-refractivity contribution >= 4 is 28.9 Å². The van der Waals surface area contributed by atoms with Crippen LogP contribution in [-0.4, -0.2) is 19.3 Å². The first-order valence-corrected chi connectivity index (χ1v) is 8.08. The highest BCUT2D eigenvalue weighted by molar-refractivity contribution is 7.13. The van der Waals surface area contributed by atoms with E-state index in [4.69, 9.17) is 0 Å².